The summed E-state index contributed by atoms with van der Waals surface area (Å²) < 4.78 is 5.38. The molecular weight excluding hydrogens is 134 g/mol. The van der Waals surface area contributed by atoms with Crippen LogP contribution in [-0.4, -0.2) is 12.5 Å². The Kier molecular flexibility index (Phi) is 1.30. The molecule has 0 aliphatic carbocycles. The Bertz CT molecular complexity index is 139. The zero-order valence-corrected chi connectivity index (χ0v) is 5.96. The van der Waals surface area contributed by atoms with Gasteiger partial charge in [0.05, 0.1) is 18.2 Å². The summed E-state index contributed by atoms with van der Waals surface area (Å²) in [7, 11) is 0. The number of rotatable bonds is 0. The lowest BCUT2D eigenvalue weighted by Gasteiger charge is -2.13. The highest BCUT2D eigenvalue weighted by Gasteiger charge is 2.18. The topological polar surface area (TPSA) is 21.3 Å². The molecule has 3 heteroatoms. The first-order valence-electron chi connectivity index (χ1n) is 3.19. The summed E-state index contributed by atoms with van der Waals surface area (Å²) in [4.78, 5) is 0. The van der Waals surface area contributed by atoms with Crippen LogP contribution in [0.4, 0.5) is 0 Å². The second-order valence-corrected chi connectivity index (χ2v) is 3.13. The van der Waals surface area contributed by atoms with Gasteiger partial charge >= 0.3 is 0 Å². The van der Waals surface area contributed by atoms with Gasteiger partial charge in [-0.2, -0.15) is 0 Å². The number of nitrogens with one attached hydrogen (secondary N) is 1. The maximum Gasteiger partial charge on any atom is 0.173 e. The molecule has 0 saturated heterocycles. The van der Waals surface area contributed by atoms with Gasteiger partial charge in [-0.15, -0.1) is 0 Å². The van der Waals surface area contributed by atoms with E-state index in [1.165, 1.54) is 18.5 Å². The molecule has 0 aromatic heterocycles. The summed E-state index contributed by atoms with van der Waals surface area (Å²) in [5.74, 6) is 1.00. The van der Waals surface area contributed by atoms with Gasteiger partial charge in [-0.25, -0.2) is 0 Å². The summed E-state index contributed by atoms with van der Waals surface area (Å²) >= 11 is 1.77. The summed E-state index contributed by atoms with van der Waals surface area (Å²) in [5, 5.41) is 4.42. The molecule has 0 spiro atoms. The molecule has 9 heavy (non-hydrogen) atoms. The van der Waals surface area contributed by atoms with Crippen LogP contribution < -0.4 is 5.32 Å². The first-order valence-corrected chi connectivity index (χ1v) is 4.18. The van der Waals surface area contributed by atoms with E-state index in [1.807, 2.05) is 0 Å². The van der Waals surface area contributed by atoms with E-state index < -0.39 is 0 Å². The third-order valence-corrected chi connectivity index (χ3v) is 2.45. The van der Waals surface area contributed by atoms with Gasteiger partial charge in [0.25, 0.3) is 0 Å². The number of thioether (sulfide) groups is 1. The van der Waals surface area contributed by atoms with Gasteiger partial charge in [-0.05, 0) is 12.8 Å². The Morgan fingerprint density at radius 1 is 1.56 bits per heavy atom. The maximum absolute atomic E-state index is 5.38. The Morgan fingerprint density at radius 2 is 2.56 bits per heavy atom. The fourth-order valence-corrected chi connectivity index (χ4v) is 1.97. The molecule has 0 bridgehead atoms. The highest BCUT2D eigenvalue weighted by Crippen LogP contribution is 2.30. The van der Waals surface area contributed by atoms with Crippen molar-refractivity contribution in [2.75, 3.05) is 12.5 Å². The Morgan fingerprint density at radius 3 is 3.44 bits per heavy atom. The molecule has 2 aliphatic rings. The van der Waals surface area contributed by atoms with Gasteiger partial charge in [0.1, 0.15) is 0 Å². The number of allylic oxidation sites excluding steroid dienone is 1. The zero-order chi connectivity index (χ0) is 6.10. The predicted molar refractivity (Wildman–Crippen MR) is 37.8 cm³/mol. The summed E-state index contributed by atoms with van der Waals surface area (Å²) in [5.41, 5.74) is 1.33. The third-order valence-electron chi connectivity index (χ3n) is 1.54. The van der Waals surface area contributed by atoms with Gasteiger partial charge in [0, 0.05) is 0 Å². The van der Waals surface area contributed by atoms with Crippen molar-refractivity contribution < 1.29 is 4.74 Å². The SMILES string of the molecule is C1COC2=C(C1)NCS2. The van der Waals surface area contributed by atoms with Crippen LogP contribution in [0.2, 0.25) is 0 Å². The van der Waals surface area contributed by atoms with Crippen LogP contribution in [0.3, 0.4) is 0 Å². The number of hydrogen-bond donors (Lipinski definition) is 1. The molecule has 50 valence electrons. The highest BCUT2D eigenvalue weighted by atomic mass is 32.2. The van der Waals surface area contributed by atoms with Crippen LogP contribution in [0, 0.1) is 0 Å². The third kappa shape index (κ3) is 0.894. The molecule has 0 unspecified atom stereocenters. The van der Waals surface area contributed by atoms with Crippen molar-refractivity contribution in [3.8, 4) is 0 Å². The van der Waals surface area contributed by atoms with Gasteiger partial charge < -0.3 is 10.1 Å². The molecule has 0 saturated carbocycles. The Balaban J connectivity index is 2.17. The summed E-state index contributed by atoms with van der Waals surface area (Å²) in [6, 6.07) is 0. The van der Waals surface area contributed by atoms with E-state index in [2.05, 4.69) is 5.32 Å². The molecule has 0 aromatic carbocycles. The van der Waals surface area contributed by atoms with Crippen molar-refractivity contribution >= 4 is 11.8 Å². The van der Waals surface area contributed by atoms with Crippen LogP contribution in [0.25, 0.3) is 0 Å². The minimum Gasteiger partial charge on any atom is -0.485 e. The monoisotopic (exact) mass is 143 g/mol. The minimum absolute atomic E-state index is 0.910. The quantitative estimate of drug-likeness (QED) is 0.551. The number of hydrogen-bond acceptors (Lipinski definition) is 3. The van der Waals surface area contributed by atoms with E-state index >= 15 is 0 Å². The summed E-state index contributed by atoms with van der Waals surface area (Å²) in [6.07, 6.45) is 2.36. The Hall–Kier alpha value is -0.310. The molecule has 0 aromatic rings. The fourth-order valence-electron chi connectivity index (χ4n) is 1.08. The zero-order valence-electron chi connectivity index (χ0n) is 5.14. The van der Waals surface area contributed by atoms with Crippen LogP contribution in [-0.2, 0) is 4.74 Å². The van der Waals surface area contributed by atoms with Crippen LogP contribution in [0.1, 0.15) is 12.8 Å². The van der Waals surface area contributed by atoms with E-state index in [4.69, 9.17) is 4.74 Å². The maximum atomic E-state index is 5.38. The van der Waals surface area contributed by atoms with Crippen LogP contribution >= 0.6 is 11.8 Å². The normalized spacial score (nSPS) is 24.9. The van der Waals surface area contributed by atoms with Crippen molar-refractivity contribution in [1.29, 1.82) is 0 Å². The lowest BCUT2D eigenvalue weighted by atomic mass is 10.2. The molecule has 2 heterocycles. The van der Waals surface area contributed by atoms with Gasteiger partial charge in [-0.1, -0.05) is 11.8 Å². The molecule has 0 atom stereocenters. The van der Waals surface area contributed by atoms with Crippen molar-refractivity contribution in [2.24, 2.45) is 0 Å². The second kappa shape index (κ2) is 2.14. The van der Waals surface area contributed by atoms with E-state index in [-0.39, 0.29) is 0 Å². The molecule has 2 nitrogen and oxygen atoms in total. The molecule has 0 amide bonds. The highest BCUT2D eigenvalue weighted by molar-refractivity contribution is 8.03. The first kappa shape index (κ1) is 5.47. The lowest BCUT2D eigenvalue weighted by Crippen LogP contribution is -2.10. The smallest absolute Gasteiger partial charge is 0.173 e. The van der Waals surface area contributed by atoms with Gasteiger partial charge in [0.15, 0.2) is 5.09 Å². The molecule has 1 N–H and O–H groups in total. The summed E-state index contributed by atoms with van der Waals surface area (Å²) in [6.45, 7) is 0.910. The van der Waals surface area contributed by atoms with Crippen molar-refractivity contribution in [2.45, 2.75) is 12.8 Å². The van der Waals surface area contributed by atoms with Gasteiger partial charge in [-0.3, -0.25) is 0 Å². The second-order valence-electron chi connectivity index (χ2n) is 2.18. The van der Waals surface area contributed by atoms with Crippen molar-refractivity contribution in [3.05, 3.63) is 10.8 Å². The number of ether oxygens (including phenoxy) is 1. The van der Waals surface area contributed by atoms with E-state index in [0.717, 1.165) is 17.6 Å². The lowest BCUT2D eigenvalue weighted by molar-refractivity contribution is 0.213. The fraction of sp³-hybridized carbons (Fsp3) is 0.667. The minimum atomic E-state index is 0.910. The van der Waals surface area contributed by atoms with E-state index in [0.29, 0.717) is 0 Å². The van der Waals surface area contributed by atoms with Crippen LogP contribution in [0.5, 0.6) is 0 Å². The van der Waals surface area contributed by atoms with Crippen molar-refractivity contribution in [3.63, 3.8) is 0 Å². The molecule has 2 rings (SSSR count). The van der Waals surface area contributed by atoms with Gasteiger partial charge in [0.2, 0.25) is 0 Å². The van der Waals surface area contributed by atoms with Crippen molar-refractivity contribution in [1.82, 2.24) is 5.32 Å². The average molecular weight is 143 g/mol. The average Bonchev–Trinajstić information content (AvgIpc) is 2.33. The molecule has 0 fully saturated rings. The standard InChI is InChI=1S/C6H9NOS/c1-2-5-6(8-3-1)9-4-7-5/h7H,1-4H2. The Labute approximate surface area is 58.6 Å². The first-order chi connectivity index (χ1) is 4.47. The van der Waals surface area contributed by atoms with E-state index in [1.54, 1.807) is 11.8 Å². The largest absolute Gasteiger partial charge is 0.485 e. The molecular formula is C6H9NOS. The van der Waals surface area contributed by atoms with Crippen LogP contribution in [0.15, 0.2) is 10.8 Å². The molecule has 0 radical (unpaired) electrons. The predicted octanol–water partition coefficient (Wildman–Crippen LogP) is 1.26. The molecule has 2 aliphatic heterocycles. The van der Waals surface area contributed by atoms with E-state index in [9.17, 15) is 0 Å².